The Balaban J connectivity index is 0.000000195. The molecule has 7 N–H and O–H groups in total. The van der Waals surface area contributed by atoms with E-state index in [4.69, 9.17) is 36.5 Å². The third kappa shape index (κ3) is 26.0. The van der Waals surface area contributed by atoms with Crippen LogP contribution < -0.4 is 51.6 Å². The standard InChI is InChI=1S/C34H42BrF3N9O2P.C18H30N4O.C16H13BrClF3N5OP.C7H8O3S.C4H10O/c1-22-16-28(30(49-3)18-29(22)46-10-8-24(9-11-46)45-14-12-44(2)13-15-45)42-33-39-20-26(35)32(43-33)41-27-7-6-25(17-31(27)50(4,5)48)47-21-23(19-40-47)34(36,37)38;1-14-12-16(19)18(23-3)13-17(14)22-6-4-15(5-7-22)21-10-8-20(2)9-11-21;1-28(2,27)13-5-10(26-8-9(6-23-26)16(19,20)21)3-4-12(13)24-14-11(17)7-22-15(18)25-14;1-6-2-4-7(5-3-6)11(8,9)10;1-2-3-4-5/h6-7,16-21,24H,8-15H2,1-5H3,(H2,39,41,42,43);12-13,15H,4-11,19H2,1-3H3;3-8H,1-2H3,(H,22,24,25);2-5H,1H3,(H,8,9,10);5H,2-4H2,1H3. The number of nitrogen functional groups attached to an aromatic ring is 1. The lowest BCUT2D eigenvalue weighted by Gasteiger charge is -2.43. The van der Waals surface area contributed by atoms with Crippen molar-refractivity contribution >= 4 is 130 Å². The molecule has 4 aliphatic rings. The lowest BCUT2D eigenvalue weighted by atomic mass is 10.0. The molecular weight excluding hydrogens is 1730 g/mol. The molecule has 4 fully saturated rings. The Kier molecular flexibility index (Phi) is 32.5. The number of alkyl halides is 6. The van der Waals surface area contributed by atoms with E-state index in [2.05, 4.69) is 154 Å². The Bertz CT molecular complexity index is 5030. The third-order valence-electron chi connectivity index (χ3n) is 20.3. The number of aryl methyl sites for hydroxylation is 3. The maximum absolute atomic E-state index is 13.4. The van der Waals surface area contributed by atoms with E-state index < -0.39 is 47.9 Å². The van der Waals surface area contributed by atoms with Gasteiger partial charge < -0.3 is 65.0 Å². The molecule has 4 saturated heterocycles. The molecule has 0 radical (unpaired) electrons. The van der Waals surface area contributed by atoms with Crippen LogP contribution in [0.25, 0.3) is 11.4 Å². The van der Waals surface area contributed by atoms with Gasteiger partial charge in [0.2, 0.25) is 11.2 Å². The van der Waals surface area contributed by atoms with E-state index in [1.807, 2.05) is 19.1 Å². The van der Waals surface area contributed by atoms with Crippen LogP contribution in [0.2, 0.25) is 5.28 Å². The van der Waals surface area contributed by atoms with Gasteiger partial charge in [0.05, 0.1) is 85.7 Å². The van der Waals surface area contributed by atoms with Crippen molar-refractivity contribution in [3.63, 3.8) is 0 Å². The van der Waals surface area contributed by atoms with Crippen LogP contribution in [-0.4, -0.2) is 229 Å². The number of aromatic nitrogens is 8. The van der Waals surface area contributed by atoms with Gasteiger partial charge in [-0.25, -0.2) is 19.3 Å². The van der Waals surface area contributed by atoms with Crippen molar-refractivity contribution < 1.29 is 63.0 Å². The highest BCUT2D eigenvalue weighted by Crippen LogP contribution is 2.44. The van der Waals surface area contributed by atoms with E-state index in [0.717, 1.165) is 146 Å². The van der Waals surface area contributed by atoms with E-state index in [0.29, 0.717) is 84.0 Å². The molecule has 5 aromatic carbocycles. The number of aliphatic hydroxyl groups is 1. The van der Waals surface area contributed by atoms with Crippen LogP contribution in [0.1, 0.15) is 73.3 Å². The zero-order chi connectivity index (χ0) is 85.5. The van der Waals surface area contributed by atoms with Gasteiger partial charge in [-0.05, 0) is 209 Å². The van der Waals surface area contributed by atoms with Gasteiger partial charge in [-0.1, -0.05) is 31.0 Å². The zero-order valence-corrected chi connectivity index (χ0v) is 74.1. The minimum absolute atomic E-state index is 0.0243. The molecule has 4 aliphatic heterocycles. The van der Waals surface area contributed by atoms with Crippen molar-refractivity contribution in [2.24, 2.45) is 0 Å². The van der Waals surface area contributed by atoms with Gasteiger partial charge in [0.1, 0.15) is 37.4 Å². The largest absolute Gasteiger partial charge is 0.495 e. The highest BCUT2D eigenvalue weighted by Gasteiger charge is 2.35. The maximum atomic E-state index is 13.4. The topological polar surface area (TPSA) is 296 Å². The molecule has 38 heteroatoms. The molecule has 636 valence electrons. The number of likely N-dealkylation sites (N-methyl/N-ethyl adjacent to an activating group) is 2. The number of piperidine rings is 2. The summed E-state index contributed by atoms with van der Waals surface area (Å²) >= 11 is 12.6. The zero-order valence-electron chi connectivity index (χ0n) is 67.5. The van der Waals surface area contributed by atoms with Gasteiger partial charge in [0, 0.05) is 156 Å². The molecule has 8 heterocycles. The molecule has 4 aromatic heterocycles. The number of halogens is 9. The van der Waals surface area contributed by atoms with Gasteiger partial charge in [0.25, 0.3) is 10.1 Å². The number of benzene rings is 5. The second kappa shape index (κ2) is 40.9. The number of anilines is 9. The van der Waals surface area contributed by atoms with Crippen molar-refractivity contribution in [1.29, 1.82) is 0 Å². The number of hydrogen-bond acceptors (Lipinski definition) is 23. The maximum Gasteiger partial charge on any atom is 0.419 e. The Morgan fingerprint density at radius 2 is 1.01 bits per heavy atom. The number of aliphatic hydroxyl groups excluding tert-OH is 1. The van der Waals surface area contributed by atoms with Gasteiger partial charge in [-0.3, -0.25) is 14.4 Å². The Morgan fingerprint density at radius 3 is 1.40 bits per heavy atom. The fraction of sp³-hybridized carbons (Fsp3) is 0.443. The van der Waals surface area contributed by atoms with Crippen LogP contribution >= 0.6 is 57.7 Å². The summed E-state index contributed by atoms with van der Waals surface area (Å²) in [6.07, 6.45) is 4.12. The summed E-state index contributed by atoms with van der Waals surface area (Å²) in [6, 6.07) is 25.1. The quantitative estimate of drug-likeness (QED) is 0.0144. The first-order valence-electron chi connectivity index (χ1n) is 37.9. The van der Waals surface area contributed by atoms with Crippen molar-refractivity contribution in [2.45, 2.75) is 95.6 Å². The number of piperazine rings is 2. The van der Waals surface area contributed by atoms with E-state index in [1.165, 1.54) is 74.7 Å². The molecule has 0 spiro atoms. The average molecular weight is 1840 g/mol. The number of hydrogen-bond donors (Lipinski definition) is 6. The lowest BCUT2D eigenvalue weighted by Crippen LogP contribution is -2.52. The highest BCUT2D eigenvalue weighted by atomic mass is 79.9. The van der Waals surface area contributed by atoms with Crippen LogP contribution in [0.5, 0.6) is 11.5 Å². The summed E-state index contributed by atoms with van der Waals surface area (Å²) in [5, 5.41) is 26.1. The molecule has 0 atom stereocenters. The van der Waals surface area contributed by atoms with Gasteiger partial charge >= 0.3 is 12.4 Å². The number of rotatable bonds is 19. The molecule has 9 aromatic rings. The molecule has 0 aliphatic carbocycles. The molecule has 0 saturated carbocycles. The van der Waals surface area contributed by atoms with Crippen LogP contribution in [0.3, 0.4) is 0 Å². The minimum Gasteiger partial charge on any atom is -0.495 e. The van der Waals surface area contributed by atoms with Crippen LogP contribution in [-0.2, 0) is 31.6 Å². The first kappa shape index (κ1) is 93.0. The van der Waals surface area contributed by atoms with E-state index in [9.17, 15) is 43.9 Å². The Hall–Kier alpha value is -7.92. The second-order valence-corrected chi connectivity index (χ2v) is 39.6. The monoisotopic (exact) mass is 1830 g/mol. The van der Waals surface area contributed by atoms with Gasteiger partial charge in [-0.2, -0.15) is 54.9 Å². The smallest absolute Gasteiger partial charge is 0.419 e. The number of methoxy groups -OCH3 is 2. The number of nitrogens with one attached hydrogen (secondary N) is 3. The van der Waals surface area contributed by atoms with Gasteiger partial charge in [0.15, 0.2) is 0 Å². The molecule has 26 nitrogen and oxygen atoms in total. The first-order valence-corrected chi connectivity index (χ1v) is 46.5. The summed E-state index contributed by atoms with van der Waals surface area (Å²) < 4.78 is 148. The molecule has 117 heavy (non-hydrogen) atoms. The van der Waals surface area contributed by atoms with Crippen LogP contribution in [0.15, 0.2) is 136 Å². The molecule has 0 unspecified atom stereocenters. The molecule has 0 amide bonds. The van der Waals surface area contributed by atoms with Crippen LogP contribution in [0, 0.1) is 20.8 Å². The summed E-state index contributed by atoms with van der Waals surface area (Å²) in [7, 11) is -2.01. The first-order chi connectivity index (χ1) is 55.1. The lowest BCUT2D eigenvalue weighted by molar-refractivity contribution is -0.138. The summed E-state index contributed by atoms with van der Waals surface area (Å²) in [6.45, 7) is 28.3. The summed E-state index contributed by atoms with van der Waals surface area (Å²) in [5.41, 5.74) is 13.1. The summed E-state index contributed by atoms with van der Waals surface area (Å²) in [5.74, 6) is 2.52. The van der Waals surface area contributed by atoms with Crippen molar-refractivity contribution in [2.75, 3.05) is 172 Å². The molecular formula is C79H103Br2ClF6N18O8P2S. The number of nitrogens with two attached hydrogens (primary N) is 1. The second-order valence-electron chi connectivity index (χ2n) is 29.7. The number of ether oxygens (including phenoxy) is 2. The predicted molar refractivity (Wildman–Crippen MR) is 461 cm³/mol. The van der Waals surface area contributed by atoms with Crippen molar-refractivity contribution in [3.8, 4) is 22.9 Å². The van der Waals surface area contributed by atoms with Crippen LogP contribution in [0.4, 0.5) is 78.1 Å². The van der Waals surface area contributed by atoms with Crippen molar-refractivity contribution in [1.82, 2.24) is 59.1 Å². The fourth-order valence-corrected chi connectivity index (χ4v) is 17.2. The number of unbranched alkanes of at least 4 members (excludes halogenated alkanes) is 1. The van der Waals surface area contributed by atoms with E-state index >= 15 is 0 Å². The normalized spacial score (nSPS) is 15.8. The molecule has 13 rings (SSSR count). The SMILES string of the molecule is CCCCO.COc1cc(N2CCC(N3CCN(C)CC3)CC2)c(C)cc1N.COc1cc(N2CCC(N3CCN(C)CC3)CC2)c(C)cc1Nc1ncc(Br)c(Nc2ccc(-n3cc(C(F)(F)F)cn3)cc2P(C)(C)=O)n1.CP(C)(=O)c1cc(-n2cc(C(F)(F)F)cn2)ccc1Nc1nc(Cl)ncc1Br.Cc1ccc(S(=O)(=O)O)cc1. The third-order valence-corrected chi connectivity index (χ3v) is 25.6. The fourth-order valence-electron chi connectivity index (χ4n) is 13.7. The summed E-state index contributed by atoms with van der Waals surface area (Å²) in [4.78, 5) is 32.1. The van der Waals surface area contributed by atoms with E-state index in [-0.39, 0.29) is 10.2 Å². The predicted octanol–water partition coefficient (Wildman–Crippen LogP) is 15.6. The van der Waals surface area contributed by atoms with Gasteiger partial charge in [-0.15, -0.1) is 0 Å². The number of nitrogens with zero attached hydrogens (tertiary/aromatic N) is 14. The highest BCUT2D eigenvalue weighted by molar-refractivity contribution is 9.11. The Labute approximate surface area is 702 Å². The van der Waals surface area contributed by atoms with Crippen molar-refractivity contribution in [3.05, 3.63) is 164 Å². The molecule has 0 bridgehead atoms. The Morgan fingerprint density at radius 1 is 0.581 bits per heavy atom. The minimum atomic E-state index is -4.52. The van der Waals surface area contributed by atoms with E-state index in [1.54, 1.807) is 89.5 Å². The average Bonchev–Trinajstić information content (AvgIpc) is 1.59.